The Kier molecular flexibility index (Phi) is 6.38. The van der Waals surface area contributed by atoms with Crippen molar-refractivity contribution in [3.63, 3.8) is 0 Å². The number of rotatable bonds is 4. The first-order valence-corrected chi connectivity index (χ1v) is 19.8. The van der Waals surface area contributed by atoms with Gasteiger partial charge in [-0.15, -0.1) is 0 Å². The number of para-hydroxylation sites is 6. The van der Waals surface area contributed by atoms with Gasteiger partial charge in [0.15, 0.2) is 0 Å². The fourth-order valence-corrected chi connectivity index (χ4v) is 9.83. The van der Waals surface area contributed by atoms with Gasteiger partial charge in [-0.3, -0.25) is 4.98 Å². The molecule has 0 atom stereocenters. The summed E-state index contributed by atoms with van der Waals surface area (Å²) in [6.07, 6.45) is 2.07. The van der Waals surface area contributed by atoms with E-state index in [1.807, 2.05) is 0 Å². The van der Waals surface area contributed by atoms with Gasteiger partial charge in [0.25, 0.3) is 0 Å². The highest BCUT2D eigenvalue weighted by molar-refractivity contribution is 6.26. The topological polar surface area (TPSA) is 32.6 Å². The first-order valence-electron chi connectivity index (χ1n) is 19.8. The highest BCUT2D eigenvalue weighted by Gasteiger charge is 2.24. The summed E-state index contributed by atoms with van der Waals surface area (Å²) in [4.78, 5) is 5.20. The van der Waals surface area contributed by atoms with Crippen LogP contribution in [0.1, 0.15) is 0 Å². The van der Waals surface area contributed by atoms with E-state index in [0.717, 1.165) is 61.1 Å². The van der Waals surface area contributed by atoms with E-state index in [2.05, 4.69) is 219 Å². The minimum absolute atomic E-state index is 0.992. The molecule has 13 aromatic rings. The molecule has 58 heavy (non-hydrogen) atoms. The second-order valence-electron chi connectivity index (χ2n) is 15.2. The van der Waals surface area contributed by atoms with Crippen LogP contribution in [0.2, 0.25) is 0 Å². The summed E-state index contributed by atoms with van der Waals surface area (Å²) in [6.45, 7) is 0. The zero-order valence-electron chi connectivity index (χ0n) is 31.3. The molecular formula is C53H33N5. The summed E-state index contributed by atoms with van der Waals surface area (Å²) in [5.74, 6) is 0. The van der Waals surface area contributed by atoms with Gasteiger partial charge in [-0.2, -0.15) is 0 Å². The largest absolute Gasteiger partial charge is 0.309 e. The summed E-state index contributed by atoms with van der Waals surface area (Å²) < 4.78 is 9.70. The molecule has 5 nitrogen and oxygen atoms in total. The maximum Gasteiger partial charge on any atom is 0.0985 e. The van der Waals surface area contributed by atoms with Gasteiger partial charge in [-0.05, 0) is 78.9 Å². The minimum Gasteiger partial charge on any atom is -0.309 e. The van der Waals surface area contributed by atoms with Crippen LogP contribution < -0.4 is 0 Å². The molecule has 0 aliphatic rings. The van der Waals surface area contributed by atoms with E-state index < -0.39 is 0 Å². The van der Waals surface area contributed by atoms with Gasteiger partial charge in [0.05, 0.1) is 49.7 Å². The van der Waals surface area contributed by atoms with Crippen molar-refractivity contribution in [1.82, 2.24) is 23.3 Å². The Labute approximate surface area is 332 Å². The summed E-state index contributed by atoms with van der Waals surface area (Å²) >= 11 is 0. The van der Waals surface area contributed by atoms with Crippen molar-refractivity contribution in [3.8, 4) is 22.7 Å². The third-order valence-electron chi connectivity index (χ3n) is 12.2. The van der Waals surface area contributed by atoms with E-state index in [9.17, 15) is 0 Å². The zero-order valence-corrected chi connectivity index (χ0v) is 31.3. The van der Waals surface area contributed by atoms with Crippen LogP contribution in [0.5, 0.6) is 0 Å². The maximum atomic E-state index is 5.20. The lowest BCUT2D eigenvalue weighted by atomic mass is 10.1. The van der Waals surface area contributed by atoms with E-state index in [1.165, 1.54) is 49.0 Å². The molecule has 13 rings (SSSR count). The number of fused-ring (bicyclic) bond motifs is 14. The van der Waals surface area contributed by atoms with Crippen molar-refractivity contribution in [2.24, 2.45) is 0 Å². The molecule has 0 spiro atoms. The monoisotopic (exact) mass is 739 g/mol. The Balaban J connectivity index is 1.10. The van der Waals surface area contributed by atoms with Crippen LogP contribution in [0.3, 0.4) is 0 Å². The molecule has 0 amide bonds. The molecule has 5 heteroatoms. The van der Waals surface area contributed by atoms with Crippen LogP contribution in [-0.2, 0) is 0 Å². The van der Waals surface area contributed by atoms with Gasteiger partial charge < -0.3 is 18.3 Å². The number of nitrogens with zero attached hydrogens (tertiary/aromatic N) is 5. The lowest BCUT2D eigenvalue weighted by molar-refractivity contribution is 1.13. The van der Waals surface area contributed by atoms with Gasteiger partial charge in [0.2, 0.25) is 0 Å². The van der Waals surface area contributed by atoms with E-state index in [4.69, 9.17) is 4.98 Å². The van der Waals surface area contributed by atoms with Crippen molar-refractivity contribution in [1.29, 1.82) is 0 Å². The fraction of sp³-hybridized carbons (Fsp3) is 0. The summed E-state index contributed by atoms with van der Waals surface area (Å²) in [7, 11) is 0. The van der Waals surface area contributed by atoms with Crippen molar-refractivity contribution >= 4 is 87.4 Å². The molecule has 0 bridgehead atoms. The predicted octanol–water partition coefficient (Wildman–Crippen LogP) is 13.5. The molecule has 5 aromatic heterocycles. The molecule has 0 N–H and O–H groups in total. The van der Waals surface area contributed by atoms with Crippen LogP contribution in [0.25, 0.3) is 110 Å². The van der Waals surface area contributed by atoms with Crippen LogP contribution in [0, 0.1) is 0 Å². The lowest BCUT2D eigenvalue weighted by Gasteiger charge is -2.14. The molecule has 0 fully saturated rings. The third kappa shape index (κ3) is 4.17. The average Bonchev–Trinajstić information content (AvgIpc) is 4.02. The van der Waals surface area contributed by atoms with Crippen molar-refractivity contribution in [2.45, 2.75) is 0 Å². The smallest absolute Gasteiger partial charge is 0.0985 e. The number of benzene rings is 8. The maximum absolute atomic E-state index is 5.20. The Bertz CT molecular complexity index is 3770. The molecule has 0 unspecified atom stereocenters. The van der Waals surface area contributed by atoms with Crippen molar-refractivity contribution in [2.75, 3.05) is 0 Å². The van der Waals surface area contributed by atoms with E-state index in [-0.39, 0.29) is 0 Å². The molecular weight excluding hydrogens is 707 g/mol. The molecule has 8 aromatic carbocycles. The van der Waals surface area contributed by atoms with Crippen LogP contribution >= 0.6 is 0 Å². The third-order valence-corrected chi connectivity index (χ3v) is 12.2. The quantitative estimate of drug-likeness (QED) is 0.177. The second-order valence-corrected chi connectivity index (χ2v) is 15.2. The standard InChI is InChI=1S/C53H33N5/c1-3-15-34(16-4-1)55-46-25-13-9-21-41(46)49-48(55)32-31-40-38-19-7-11-23-44(38)56(51(40)49)36-27-29-37(30-28-36)58-47-26-14-10-22-42(47)50-53(58)52-43(33-54-50)39-20-8-12-24-45(39)57(52)35-17-5-2-6-18-35/h1-33H. The van der Waals surface area contributed by atoms with Gasteiger partial charge in [-0.1, -0.05) is 115 Å². The number of hydrogen-bond acceptors (Lipinski definition) is 1. The SMILES string of the molecule is c1ccc(-n2c3ccccc3c3c2ccc2c4ccccc4n(-c4ccc(-n5c6ccccc6c6ncc7c8ccccc8n(-c8ccccc8)c7c65)cc4)c23)cc1. The van der Waals surface area contributed by atoms with Gasteiger partial charge >= 0.3 is 0 Å². The normalized spacial score (nSPS) is 12.1. The number of aromatic nitrogens is 5. The molecule has 0 aliphatic heterocycles. The Morgan fingerprint density at radius 1 is 0.259 bits per heavy atom. The Hall–Kier alpha value is -7.89. The van der Waals surface area contributed by atoms with Gasteiger partial charge in [-0.25, -0.2) is 0 Å². The van der Waals surface area contributed by atoms with Crippen molar-refractivity contribution < 1.29 is 0 Å². The Morgan fingerprint density at radius 3 is 1.31 bits per heavy atom. The minimum atomic E-state index is 0.992. The summed E-state index contributed by atoms with van der Waals surface area (Å²) in [5.41, 5.74) is 14.8. The first kappa shape index (κ1) is 31.3. The van der Waals surface area contributed by atoms with Gasteiger partial charge in [0, 0.05) is 66.6 Å². The lowest BCUT2D eigenvalue weighted by Crippen LogP contribution is -2.00. The number of hydrogen-bond donors (Lipinski definition) is 0. The van der Waals surface area contributed by atoms with Crippen LogP contribution in [-0.4, -0.2) is 23.3 Å². The molecule has 0 saturated heterocycles. The highest BCUT2D eigenvalue weighted by atomic mass is 15.1. The van der Waals surface area contributed by atoms with Gasteiger partial charge in [0.1, 0.15) is 0 Å². The summed E-state index contributed by atoms with van der Waals surface area (Å²) in [5, 5.41) is 8.43. The number of pyridine rings is 1. The first-order chi connectivity index (χ1) is 28.8. The zero-order chi connectivity index (χ0) is 37.9. The Morgan fingerprint density at radius 2 is 0.690 bits per heavy atom. The highest BCUT2D eigenvalue weighted by Crippen LogP contribution is 2.43. The summed E-state index contributed by atoms with van der Waals surface area (Å²) in [6, 6.07) is 70.1. The molecule has 0 aliphatic carbocycles. The van der Waals surface area contributed by atoms with Crippen LogP contribution in [0.4, 0.5) is 0 Å². The average molecular weight is 740 g/mol. The second kappa shape index (κ2) is 11.8. The van der Waals surface area contributed by atoms with Crippen LogP contribution in [0.15, 0.2) is 200 Å². The van der Waals surface area contributed by atoms with E-state index in [1.54, 1.807) is 0 Å². The molecule has 5 heterocycles. The predicted molar refractivity (Wildman–Crippen MR) is 242 cm³/mol. The molecule has 0 saturated carbocycles. The molecule has 270 valence electrons. The van der Waals surface area contributed by atoms with E-state index in [0.29, 0.717) is 0 Å². The molecule has 0 radical (unpaired) electrons. The van der Waals surface area contributed by atoms with E-state index >= 15 is 0 Å². The van der Waals surface area contributed by atoms with Crippen molar-refractivity contribution in [3.05, 3.63) is 200 Å². The fourth-order valence-electron chi connectivity index (χ4n) is 9.83.